The zero-order chi connectivity index (χ0) is 29.1. The molecular weight excluding hydrogens is 725 g/mol. The van der Waals surface area contributed by atoms with Crippen LogP contribution >= 0.6 is 0 Å². The van der Waals surface area contributed by atoms with Gasteiger partial charge in [0.15, 0.2) is 11.5 Å². The number of amides is 1. The van der Waals surface area contributed by atoms with Crippen molar-refractivity contribution in [1.82, 2.24) is 4.90 Å². The zero-order valence-electron chi connectivity index (χ0n) is 24.2. The van der Waals surface area contributed by atoms with Gasteiger partial charge in [0, 0.05) is 84.8 Å². The van der Waals surface area contributed by atoms with Gasteiger partial charge in [0.25, 0.3) is 0 Å². The summed E-state index contributed by atoms with van der Waals surface area (Å²) >= 11 is 0. The van der Waals surface area contributed by atoms with Crippen molar-refractivity contribution in [1.29, 1.82) is 0 Å². The number of aryl methyl sites for hydroxylation is 1. The maximum absolute atomic E-state index is 12.1. The van der Waals surface area contributed by atoms with E-state index >= 15 is 0 Å². The number of nitrogens with zero attached hydrogens (tertiary/aromatic N) is 1. The van der Waals surface area contributed by atoms with E-state index in [9.17, 15) is 19.2 Å². The molecule has 1 radical (unpaired) electrons. The molecule has 2 aromatic rings. The summed E-state index contributed by atoms with van der Waals surface area (Å²) in [6.07, 6.45) is 4.45. The Morgan fingerprint density at radius 2 is 1.43 bits per heavy atom. The topological polar surface area (TPSA) is 99.2 Å². The maximum atomic E-state index is 12.1. The molecule has 1 amide bonds. The smallest absolute Gasteiger partial charge is 0.308 e. The molecule has 0 spiro atoms. The van der Waals surface area contributed by atoms with Crippen molar-refractivity contribution >= 4 is 23.8 Å². The van der Waals surface area contributed by atoms with E-state index in [0.29, 0.717) is 30.7 Å². The fraction of sp³-hybridized carbons (Fsp3) is 0.419. The van der Waals surface area contributed by atoms with Crippen LogP contribution < -0.4 is 14.2 Å². The Kier molecular flexibility index (Phi) is 15.6. The summed E-state index contributed by atoms with van der Waals surface area (Å²) in [4.78, 5) is 47.1. The summed E-state index contributed by atoms with van der Waals surface area (Å²) in [6.45, 7) is 16.4. The summed E-state index contributed by atoms with van der Waals surface area (Å²) in [7, 11) is 0. The molecule has 2 unspecified atom stereocenters. The van der Waals surface area contributed by atoms with E-state index in [1.54, 1.807) is 36.1 Å². The van der Waals surface area contributed by atoms with Crippen LogP contribution in [0.5, 0.6) is 17.2 Å². The van der Waals surface area contributed by atoms with Crippen LogP contribution in [0.15, 0.2) is 36.4 Å². The average molecular weight is 765 g/mol. The number of ether oxygens (including phenoxy) is 3. The van der Waals surface area contributed by atoms with Crippen molar-refractivity contribution < 1.29 is 77.5 Å². The van der Waals surface area contributed by atoms with Crippen molar-refractivity contribution in [2.75, 3.05) is 6.54 Å². The van der Waals surface area contributed by atoms with Gasteiger partial charge in [0.2, 0.25) is 5.91 Å². The molecule has 2 atom stereocenters. The predicted molar refractivity (Wildman–Crippen MR) is 148 cm³/mol. The molecule has 1 aliphatic rings. The van der Waals surface area contributed by atoms with Crippen LogP contribution in [-0.4, -0.2) is 35.3 Å². The van der Waals surface area contributed by atoms with Crippen LogP contribution in [-0.2, 0) is 25.7 Å². The minimum Gasteiger partial charge on any atom is -0.429 e. The minimum absolute atomic E-state index is 0. The molecule has 1 fully saturated rings. The molecule has 0 saturated heterocycles. The Bertz CT molecular complexity index is 1180. The van der Waals surface area contributed by atoms with E-state index in [0.717, 1.165) is 42.4 Å². The Balaban J connectivity index is 0.000000516. The average Bonchev–Trinajstić information content (AvgIpc) is 2.82. The first-order valence-corrected chi connectivity index (χ1v) is 13.0. The van der Waals surface area contributed by atoms with Gasteiger partial charge in [-0.15, -0.1) is 0 Å². The second kappa shape index (κ2) is 17.4. The van der Waals surface area contributed by atoms with E-state index in [4.69, 9.17) is 14.2 Å². The molecular formula is C31H39AcNO7-2. The van der Waals surface area contributed by atoms with E-state index in [-0.39, 0.29) is 67.4 Å². The molecule has 9 heteroatoms. The molecule has 40 heavy (non-hydrogen) atoms. The number of benzene rings is 2. The van der Waals surface area contributed by atoms with Crippen LogP contribution in [0, 0.1) is 76.7 Å². The SMILES string of the molecule is [Ac].[CH2-]C1CCCC(CN(Cc2ccc(OC(C)=O)c(OC(C)=O)c2)C(C)=O)C1.[CH2-]c1ccc(OC(C)=O)c(C)c1. The van der Waals surface area contributed by atoms with E-state index in [1.165, 1.54) is 20.8 Å². The Morgan fingerprint density at radius 3 is 1.98 bits per heavy atom. The molecule has 0 bridgehead atoms. The van der Waals surface area contributed by atoms with Crippen LogP contribution in [0.2, 0.25) is 0 Å². The number of esters is 3. The Morgan fingerprint density at radius 1 is 0.850 bits per heavy atom. The number of rotatable bonds is 7. The van der Waals surface area contributed by atoms with Crippen molar-refractivity contribution in [3.63, 3.8) is 0 Å². The number of carbonyl (C=O) groups is 4. The molecule has 0 N–H and O–H groups in total. The summed E-state index contributed by atoms with van der Waals surface area (Å²) in [5.74, 6) is 0.574. The normalized spacial score (nSPS) is 15.8. The first kappa shape index (κ1) is 35.7. The summed E-state index contributed by atoms with van der Waals surface area (Å²) in [5, 5.41) is 0. The van der Waals surface area contributed by atoms with Gasteiger partial charge in [0.1, 0.15) is 5.75 Å². The van der Waals surface area contributed by atoms with Crippen molar-refractivity contribution in [3.8, 4) is 17.2 Å². The standard InChI is InChI=1S/C21H28NO5.C10H11O2.Ac/c1-14-6-5-7-18(10-14)12-22(15(2)23)13-19-8-9-20(26-16(3)24)21(11-19)27-17(4)25;1-7-4-5-10(8(2)6-7)12-9(3)11;/h8-9,11,14,18H,1,5-7,10,12-13H2,2-4H3;4-6H,1H2,2-3H3;/q2*-1;. The van der Waals surface area contributed by atoms with Gasteiger partial charge in [-0.05, 0) is 37.0 Å². The minimum atomic E-state index is -0.507. The second-order valence-electron chi connectivity index (χ2n) is 9.96. The fourth-order valence-electron chi connectivity index (χ4n) is 4.51. The molecule has 1 saturated carbocycles. The van der Waals surface area contributed by atoms with Gasteiger partial charge in [-0.25, -0.2) is 0 Å². The molecule has 0 aliphatic heterocycles. The first-order chi connectivity index (χ1) is 18.3. The van der Waals surface area contributed by atoms with Crippen LogP contribution in [0.4, 0.5) is 0 Å². The van der Waals surface area contributed by atoms with Gasteiger partial charge in [-0.3, -0.25) is 19.2 Å². The molecule has 8 nitrogen and oxygen atoms in total. The third-order valence-corrected chi connectivity index (χ3v) is 6.20. The molecule has 0 aromatic heterocycles. The van der Waals surface area contributed by atoms with Crippen LogP contribution in [0.3, 0.4) is 0 Å². The molecule has 0 heterocycles. The second-order valence-corrected chi connectivity index (χ2v) is 9.96. The van der Waals surface area contributed by atoms with Gasteiger partial charge in [-0.1, -0.05) is 37.0 Å². The van der Waals surface area contributed by atoms with E-state index in [2.05, 4.69) is 13.8 Å². The predicted octanol–water partition coefficient (Wildman–Crippen LogP) is 5.63. The van der Waals surface area contributed by atoms with Crippen LogP contribution in [0.1, 0.15) is 70.1 Å². The van der Waals surface area contributed by atoms with Gasteiger partial charge in [-0.2, -0.15) is 30.5 Å². The van der Waals surface area contributed by atoms with Crippen molar-refractivity contribution in [3.05, 3.63) is 66.9 Å². The maximum Gasteiger partial charge on any atom is 0.308 e. The van der Waals surface area contributed by atoms with Crippen LogP contribution in [0.25, 0.3) is 0 Å². The number of hydrogen-bond donors (Lipinski definition) is 0. The van der Waals surface area contributed by atoms with Crippen molar-refractivity contribution in [2.45, 2.75) is 66.8 Å². The largest absolute Gasteiger partial charge is 0.429 e. The Hall–Kier alpha value is -2.37. The number of hydrogen-bond acceptors (Lipinski definition) is 7. The monoisotopic (exact) mass is 764 g/mol. The van der Waals surface area contributed by atoms with Gasteiger partial charge >= 0.3 is 17.9 Å². The van der Waals surface area contributed by atoms with E-state index in [1.807, 2.05) is 19.1 Å². The zero-order valence-corrected chi connectivity index (χ0v) is 28.9. The van der Waals surface area contributed by atoms with Crippen molar-refractivity contribution in [2.24, 2.45) is 11.8 Å². The number of carbonyl (C=O) groups excluding carboxylic acids is 4. The van der Waals surface area contributed by atoms with Gasteiger partial charge < -0.3 is 26.0 Å². The molecule has 1 aliphatic carbocycles. The van der Waals surface area contributed by atoms with E-state index < -0.39 is 11.9 Å². The Labute approximate surface area is 273 Å². The molecule has 3 rings (SSSR count). The third-order valence-electron chi connectivity index (χ3n) is 6.20. The molecule has 215 valence electrons. The van der Waals surface area contributed by atoms with Gasteiger partial charge in [0.05, 0.1) is 0 Å². The third kappa shape index (κ3) is 12.9. The molecule has 2 aromatic carbocycles. The summed E-state index contributed by atoms with van der Waals surface area (Å²) in [6, 6.07) is 10.4. The first-order valence-electron chi connectivity index (χ1n) is 13.0. The summed E-state index contributed by atoms with van der Waals surface area (Å²) < 4.78 is 15.2. The quantitative estimate of drug-likeness (QED) is 0.205. The summed E-state index contributed by atoms with van der Waals surface area (Å²) in [5.41, 5.74) is 2.65. The fourth-order valence-corrected chi connectivity index (χ4v) is 4.51.